The highest BCUT2D eigenvalue weighted by atomic mass is 19.1. The van der Waals surface area contributed by atoms with Gasteiger partial charge >= 0.3 is 0 Å². The molecule has 1 aromatic heterocycles. The molecular weight excluding hydrogens is 193 g/mol. The van der Waals surface area contributed by atoms with Crippen molar-refractivity contribution in [3.63, 3.8) is 0 Å². The number of hydrogen-bond acceptors (Lipinski definition) is 2. The van der Waals surface area contributed by atoms with Gasteiger partial charge in [0, 0.05) is 23.5 Å². The van der Waals surface area contributed by atoms with Gasteiger partial charge in [0.15, 0.2) is 0 Å². The van der Waals surface area contributed by atoms with Crippen LogP contribution in [-0.4, -0.2) is 10.1 Å². The molecular formula is C12H10FNO. The Morgan fingerprint density at radius 3 is 2.60 bits per heavy atom. The van der Waals surface area contributed by atoms with Crippen LogP contribution in [0.5, 0.6) is 0 Å². The lowest BCUT2D eigenvalue weighted by atomic mass is 10.0. The number of aliphatic hydroxyl groups excluding tert-OH is 1. The minimum absolute atomic E-state index is 0.269. The van der Waals surface area contributed by atoms with Crippen LogP contribution in [0.2, 0.25) is 0 Å². The van der Waals surface area contributed by atoms with Crippen LogP contribution < -0.4 is 0 Å². The zero-order chi connectivity index (χ0) is 10.7. The van der Waals surface area contributed by atoms with Gasteiger partial charge in [-0.3, -0.25) is 4.98 Å². The molecule has 3 heteroatoms. The maximum atomic E-state index is 13.3. The standard InChI is InChI=1S/C12H10FNO/c13-11-6-2-1-5-10(11)12(15)9-4-3-7-14-8-9/h1-8,12,15H/t12-/m0/s1. The van der Waals surface area contributed by atoms with Crippen molar-refractivity contribution in [3.8, 4) is 0 Å². The van der Waals surface area contributed by atoms with Crippen LogP contribution in [0, 0.1) is 5.82 Å². The summed E-state index contributed by atoms with van der Waals surface area (Å²) in [5.74, 6) is -0.408. The molecule has 0 aliphatic rings. The number of halogens is 1. The van der Waals surface area contributed by atoms with Crippen molar-refractivity contribution in [2.24, 2.45) is 0 Å². The van der Waals surface area contributed by atoms with E-state index in [0.29, 0.717) is 5.56 Å². The largest absolute Gasteiger partial charge is 0.383 e. The molecule has 1 heterocycles. The number of aromatic nitrogens is 1. The van der Waals surface area contributed by atoms with E-state index in [1.807, 2.05) is 0 Å². The predicted octanol–water partition coefficient (Wildman–Crippen LogP) is 2.30. The van der Waals surface area contributed by atoms with E-state index in [9.17, 15) is 9.50 Å². The number of nitrogens with zero attached hydrogens (tertiary/aromatic N) is 1. The second-order valence-corrected chi connectivity index (χ2v) is 3.21. The number of aliphatic hydroxyl groups is 1. The average Bonchev–Trinajstić information content (AvgIpc) is 2.30. The Labute approximate surface area is 87.0 Å². The fourth-order valence-electron chi connectivity index (χ4n) is 1.41. The van der Waals surface area contributed by atoms with E-state index in [2.05, 4.69) is 4.98 Å². The van der Waals surface area contributed by atoms with Gasteiger partial charge in [-0.15, -0.1) is 0 Å². The quantitative estimate of drug-likeness (QED) is 0.812. The first-order valence-electron chi connectivity index (χ1n) is 4.61. The predicted molar refractivity (Wildman–Crippen MR) is 54.7 cm³/mol. The van der Waals surface area contributed by atoms with Gasteiger partial charge in [-0.25, -0.2) is 4.39 Å². The van der Waals surface area contributed by atoms with Crippen molar-refractivity contribution >= 4 is 0 Å². The van der Waals surface area contributed by atoms with Crippen LogP contribution >= 0.6 is 0 Å². The normalized spacial score (nSPS) is 12.4. The highest BCUT2D eigenvalue weighted by Crippen LogP contribution is 2.22. The first-order valence-corrected chi connectivity index (χ1v) is 4.61. The molecule has 2 nitrogen and oxygen atoms in total. The third kappa shape index (κ3) is 2.02. The lowest BCUT2D eigenvalue weighted by molar-refractivity contribution is 0.214. The molecule has 0 amide bonds. The zero-order valence-electron chi connectivity index (χ0n) is 7.97. The molecule has 0 fully saturated rings. The van der Waals surface area contributed by atoms with Crippen molar-refractivity contribution in [1.29, 1.82) is 0 Å². The van der Waals surface area contributed by atoms with Crippen molar-refractivity contribution in [1.82, 2.24) is 4.98 Å². The van der Waals surface area contributed by atoms with E-state index in [1.165, 1.54) is 12.3 Å². The minimum atomic E-state index is -0.958. The Hall–Kier alpha value is -1.74. The molecule has 0 aliphatic carbocycles. The van der Waals surface area contributed by atoms with Crippen LogP contribution in [0.1, 0.15) is 17.2 Å². The molecule has 1 aromatic carbocycles. The van der Waals surface area contributed by atoms with Crippen molar-refractivity contribution in [2.75, 3.05) is 0 Å². The van der Waals surface area contributed by atoms with Crippen molar-refractivity contribution < 1.29 is 9.50 Å². The van der Waals surface area contributed by atoms with Gasteiger partial charge < -0.3 is 5.11 Å². The summed E-state index contributed by atoms with van der Waals surface area (Å²) in [5, 5.41) is 9.89. The third-order valence-electron chi connectivity index (χ3n) is 2.20. The summed E-state index contributed by atoms with van der Waals surface area (Å²) in [6.07, 6.45) is 2.18. The average molecular weight is 203 g/mol. The fraction of sp³-hybridized carbons (Fsp3) is 0.0833. The van der Waals surface area contributed by atoms with Crippen molar-refractivity contribution in [2.45, 2.75) is 6.10 Å². The maximum Gasteiger partial charge on any atom is 0.129 e. The lowest BCUT2D eigenvalue weighted by Gasteiger charge is -2.11. The first-order chi connectivity index (χ1) is 7.29. The highest BCUT2D eigenvalue weighted by Gasteiger charge is 2.13. The van der Waals surface area contributed by atoms with Gasteiger partial charge in [0.05, 0.1) is 0 Å². The molecule has 0 bridgehead atoms. The van der Waals surface area contributed by atoms with Gasteiger partial charge in [0.2, 0.25) is 0 Å². The Morgan fingerprint density at radius 2 is 1.93 bits per heavy atom. The Morgan fingerprint density at radius 1 is 1.13 bits per heavy atom. The second kappa shape index (κ2) is 4.19. The summed E-state index contributed by atoms with van der Waals surface area (Å²) in [4.78, 5) is 3.88. The summed E-state index contributed by atoms with van der Waals surface area (Å²) in [7, 11) is 0. The Balaban J connectivity index is 2.37. The summed E-state index contributed by atoms with van der Waals surface area (Å²) in [6.45, 7) is 0. The van der Waals surface area contributed by atoms with Crippen LogP contribution in [-0.2, 0) is 0 Å². The van der Waals surface area contributed by atoms with Gasteiger partial charge in [-0.1, -0.05) is 24.3 Å². The molecule has 0 spiro atoms. The van der Waals surface area contributed by atoms with Crippen LogP contribution in [0.25, 0.3) is 0 Å². The van der Waals surface area contributed by atoms with Gasteiger partial charge in [-0.05, 0) is 12.1 Å². The molecule has 0 saturated carbocycles. The van der Waals surface area contributed by atoms with E-state index in [1.54, 1.807) is 36.5 Å². The van der Waals surface area contributed by atoms with Crippen molar-refractivity contribution in [3.05, 3.63) is 65.7 Å². The molecule has 2 aromatic rings. The van der Waals surface area contributed by atoms with Crippen LogP contribution in [0.3, 0.4) is 0 Å². The summed E-state index contributed by atoms with van der Waals surface area (Å²) >= 11 is 0. The van der Waals surface area contributed by atoms with E-state index < -0.39 is 11.9 Å². The number of hydrogen-bond donors (Lipinski definition) is 1. The fourth-order valence-corrected chi connectivity index (χ4v) is 1.41. The smallest absolute Gasteiger partial charge is 0.129 e. The number of pyridine rings is 1. The monoisotopic (exact) mass is 203 g/mol. The van der Waals surface area contributed by atoms with Crippen LogP contribution in [0.15, 0.2) is 48.8 Å². The summed E-state index contributed by atoms with van der Waals surface area (Å²) < 4.78 is 13.3. The highest BCUT2D eigenvalue weighted by molar-refractivity contribution is 5.28. The van der Waals surface area contributed by atoms with E-state index >= 15 is 0 Å². The first kappa shape index (κ1) is 9.80. The van der Waals surface area contributed by atoms with E-state index in [-0.39, 0.29) is 5.56 Å². The third-order valence-corrected chi connectivity index (χ3v) is 2.20. The molecule has 0 saturated heterocycles. The maximum absolute atomic E-state index is 13.3. The SMILES string of the molecule is O[C@@H](c1cccnc1)c1ccccc1F. The van der Waals surface area contributed by atoms with Gasteiger partial charge in [0.1, 0.15) is 11.9 Å². The van der Waals surface area contributed by atoms with Crippen LogP contribution in [0.4, 0.5) is 4.39 Å². The molecule has 15 heavy (non-hydrogen) atoms. The van der Waals surface area contributed by atoms with Gasteiger partial charge in [0.25, 0.3) is 0 Å². The molecule has 2 rings (SSSR count). The summed E-state index contributed by atoms with van der Waals surface area (Å²) in [6, 6.07) is 9.60. The molecule has 0 aliphatic heterocycles. The Bertz CT molecular complexity index is 444. The molecule has 76 valence electrons. The number of rotatable bonds is 2. The molecule has 1 atom stereocenters. The second-order valence-electron chi connectivity index (χ2n) is 3.21. The molecule has 1 N–H and O–H groups in total. The zero-order valence-corrected chi connectivity index (χ0v) is 7.97. The minimum Gasteiger partial charge on any atom is -0.383 e. The Kier molecular flexibility index (Phi) is 2.74. The topological polar surface area (TPSA) is 33.1 Å². The summed E-state index contributed by atoms with van der Waals surface area (Å²) in [5.41, 5.74) is 0.855. The lowest BCUT2D eigenvalue weighted by Crippen LogP contribution is -2.02. The van der Waals surface area contributed by atoms with E-state index in [0.717, 1.165) is 0 Å². The number of benzene rings is 1. The van der Waals surface area contributed by atoms with E-state index in [4.69, 9.17) is 0 Å². The molecule has 0 radical (unpaired) electrons. The van der Waals surface area contributed by atoms with Gasteiger partial charge in [-0.2, -0.15) is 0 Å². The molecule has 0 unspecified atom stereocenters.